The number of nitrogens with one attached hydrogen (secondary N) is 2. The maximum atomic E-state index is 4.90. The van der Waals surface area contributed by atoms with Gasteiger partial charge in [0.25, 0.3) is 0 Å². The summed E-state index contributed by atoms with van der Waals surface area (Å²) in [6.07, 6.45) is 7.27. The lowest BCUT2D eigenvalue weighted by Gasteiger charge is -2.25. The van der Waals surface area contributed by atoms with Crippen LogP contribution in [0, 0.1) is 0 Å². The molecule has 1 aromatic heterocycles. The zero-order chi connectivity index (χ0) is 18.5. The number of aliphatic imine (C=N–C) groups is 1. The molecule has 2 aromatic rings. The Hall–Kier alpha value is -1.94. The molecule has 1 atom stereocenters. The van der Waals surface area contributed by atoms with Crippen molar-refractivity contribution in [2.75, 3.05) is 32.7 Å². The van der Waals surface area contributed by atoms with E-state index in [0.717, 1.165) is 50.1 Å². The van der Waals surface area contributed by atoms with Gasteiger partial charge in [0.15, 0.2) is 11.8 Å². The van der Waals surface area contributed by atoms with Crippen LogP contribution in [0.3, 0.4) is 0 Å². The molecule has 1 saturated heterocycles. The fourth-order valence-corrected chi connectivity index (χ4v) is 3.78. The Balaban J connectivity index is 0.00000225. The van der Waals surface area contributed by atoms with E-state index in [2.05, 4.69) is 61.5 Å². The second-order valence-electron chi connectivity index (χ2n) is 7.02. The number of likely N-dealkylation sites (tertiary alicyclic amines) is 1. The summed E-state index contributed by atoms with van der Waals surface area (Å²) < 4.78 is 0. The van der Waals surface area contributed by atoms with Gasteiger partial charge in [0.1, 0.15) is 6.33 Å². The Morgan fingerprint density at radius 1 is 1.32 bits per heavy atom. The predicted molar refractivity (Wildman–Crippen MR) is 123 cm³/mol. The third-order valence-corrected chi connectivity index (χ3v) is 5.19. The quantitative estimate of drug-likeness (QED) is 0.290. The first-order valence-electron chi connectivity index (χ1n) is 9.70. The van der Waals surface area contributed by atoms with Gasteiger partial charge in [-0.25, -0.2) is 9.98 Å². The minimum atomic E-state index is 0. The Bertz CT molecular complexity index is 795. The Morgan fingerprint density at radius 2 is 2.18 bits per heavy atom. The maximum Gasteiger partial charge on any atom is 0.194 e. The molecule has 0 amide bonds. The number of aromatic nitrogens is 3. The van der Waals surface area contributed by atoms with Crippen molar-refractivity contribution in [3.05, 3.63) is 48.3 Å². The summed E-state index contributed by atoms with van der Waals surface area (Å²) in [6.45, 7) is 7.93. The van der Waals surface area contributed by atoms with E-state index in [1.165, 1.54) is 18.3 Å². The molecular formula is C20H28IN7. The Labute approximate surface area is 183 Å². The van der Waals surface area contributed by atoms with Crippen LogP contribution in [-0.2, 0) is 6.54 Å². The molecule has 1 unspecified atom stereocenters. The first-order valence-corrected chi connectivity index (χ1v) is 9.70. The van der Waals surface area contributed by atoms with Crippen molar-refractivity contribution in [1.82, 2.24) is 30.3 Å². The smallest absolute Gasteiger partial charge is 0.194 e. The number of H-pyrrole nitrogens is 1. The number of halogens is 1. The summed E-state index contributed by atoms with van der Waals surface area (Å²) in [7, 11) is 0. The van der Waals surface area contributed by atoms with Crippen molar-refractivity contribution >= 4 is 29.9 Å². The number of hydrogen-bond acceptors (Lipinski definition) is 4. The first-order chi connectivity index (χ1) is 13.3. The molecule has 8 heteroatoms. The normalized spacial score (nSPS) is 19.8. The summed E-state index contributed by atoms with van der Waals surface area (Å²) in [5.74, 6) is 1.80. The van der Waals surface area contributed by atoms with E-state index in [0.29, 0.717) is 12.6 Å². The average molecular weight is 493 g/mol. The van der Waals surface area contributed by atoms with Crippen LogP contribution in [0.15, 0.2) is 47.7 Å². The molecule has 7 nitrogen and oxygen atoms in total. The molecule has 4 rings (SSSR count). The van der Waals surface area contributed by atoms with E-state index in [4.69, 9.17) is 4.99 Å². The van der Waals surface area contributed by atoms with Crippen LogP contribution in [0.2, 0.25) is 0 Å². The number of hydrogen-bond donors (Lipinski definition) is 2. The van der Waals surface area contributed by atoms with Crippen molar-refractivity contribution in [2.24, 2.45) is 4.99 Å². The van der Waals surface area contributed by atoms with Gasteiger partial charge >= 0.3 is 0 Å². The van der Waals surface area contributed by atoms with E-state index in [9.17, 15) is 0 Å². The van der Waals surface area contributed by atoms with Crippen molar-refractivity contribution in [3.8, 4) is 11.4 Å². The van der Waals surface area contributed by atoms with Gasteiger partial charge in [0.2, 0.25) is 0 Å². The SMILES string of the molecule is CCNC(=NCc1cccc(-c2ncn[nH]2)c1)N1CCC(N2CC=CC2)C1.I. The van der Waals surface area contributed by atoms with Crippen LogP contribution >= 0.6 is 24.0 Å². The van der Waals surface area contributed by atoms with Gasteiger partial charge in [-0.1, -0.05) is 30.4 Å². The monoisotopic (exact) mass is 493 g/mol. The Morgan fingerprint density at radius 3 is 2.93 bits per heavy atom. The van der Waals surface area contributed by atoms with E-state index in [1.54, 1.807) is 0 Å². The van der Waals surface area contributed by atoms with Crippen LogP contribution in [0.25, 0.3) is 11.4 Å². The van der Waals surface area contributed by atoms with E-state index in [-0.39, 0.29) is 24.0 Å². The molecule has 0 bridgehead atoms. The topological polar surface area (TPSA) is 72.4 Å². The minimum Gasteiger partial charge on any atom is -0.357 e. The van der Waals surface area contributed by atoms with E-state index < -0.39 is 0 Å². The van der Waals surface area contributed by atoms with Crippen LogP contribution in [0.1, 0.15) is 18.9 Å². The zero-order valence-corrected chi connectivity index (χ0v) is 18.5. The fraction of sp³-hybridized carbons (Fsp3) is 0.450. The molecule has 0 spiro atoms. The maximum absolute atomic E-state index is 4.90. The van der Waals surface area contributed by atoms with E-state index in [1.807, 2.05) is 12.1 Å². The molecule has 2 N–H and O–H groups in total. The molecule has 28 heavy (non-hydrogen) atoms. The van der Waals surface area contributed by atoms with Crippen molar-refractivity contribution in [1.29, 1.82) is 0 Å². The molecule has 150 valence electrons. The number of aromatic amines is 1. The highest BCUT2D eigenvalue weighted by atomic mass is 127. The molecule has 0 radical (unpaired) electrons. The lowest BCUT2D eigenvalue weighted by molar-refractivity contribution is 0.259. The van der Waals surface area contributed by atoms with Crippen LogP contribution in [0.5, 0.6) is 0 Å². The molecule has 3 heterocycles. The van der Waals surface area contributed by atoms with Crippen molar-refractivity contribution in [3.63, 3.8) is 0 Å². The van der Waals surface area contributed by atoms with E-state index >= 15 is 0 Å². The van der Waals surface area contributed by atoms with Gasteiger partial charge in [0.05, 0.1) is 6.54 Å². The van der Waals surface area contributed by atoms with Gasteiger partial charge < -0.3 is 10.2 Å². The lowest BCUT2D eigenvalue weighted by Crippen LogP contribution is -2.42. The highest BCUT2D eigenvalue weighted by Gasteiger charge is 2.29. The molecule has 0 saturated carbocycles. The van der Waals surface area contributed by atoms with Crippen molar-refractivity contribution < 1.29 is 0 Å². The molecule has 0 aliphatic carbocycles. The summed E-state index contributed by atoms with van der Waals surface area (Å²) in [5, 5.41) is 10.3. The van der Waals surface area contributed by atoms with Gasteiger partial charge in [-0.2, -0.15) is 5.10 Å². The fourth-order valence-electron chi connectivity index (χ4n) is 3.78. The highest BCUT2D eigenvalue weighted by molar-refractivity contribution is 14.0. The third-order valence-electron chi connectivity index (χ3n) is 5.19. The number of benzene rings is 1. The standard InChI is InChI=1S/C20H27N7.HI/c1-2-21-20(27-11-8-18(14-27)26-9-3-4-10-26)22-13-16-6-5-7-17(12-16)19-23-15-24-25-19;/h3-7,12,15,18H,2,8-11,13-14H2,1H3,(H,21,22)(H,23,24,25);1H. The summed E-state index contributed by atoms with van der Waals surface area (Å²) in [6, 6.07) is 8.93. The van der Waals surface area contributed by atoms with Crippen LogP contribution < -0.4 is 5.32 Å². The zero-order valence-electron chi connectivity index (χ0n) is 16.2. The predicted octanol–water partition coefficient (Wildman–Crippen LogP) is 2.50. The van der Waals surface area contributed by atoms with Crippen LogP contribution in [-0.4, -0.2) is 69.7 Å². The third kappa shape index (κ3) is 4.91. The first kappa shape index (κ1) is 20.8. The van der Waals surface area contributed by atoms with Gasteiger partial charge in [0, 0.05) is 44.3 Å². The summed E-state index contributed by atoms with van der Waals surface area (Å²) in [5.41, 5.74) is 2.20. The summed E-state index contributed by atoms with van der Waals surface area (Å²) in [4.78, 5) is 14.1. The summed E-state index contributed by atoms with van der Waals surface area (Å²) >= 11 is 0. The molecule has 2 aliphatic heterocycles. The molecular weight excluding hydrogens is 465 g/mol. The molecule has 2 aliphatic rings. The van der Waals surface area contributed by atoms with Gasteiger partial charge in [-0.05, 0) is 25.0 Å². The van der Waals surface area contributed by atoms with Gasteiger partial charge in [-0.3, -0.25) is 10.00 Å². The number of guanidine groups is 1. The van der Waals surface area contributed by atoms with Crippen LogP contribution in [0.4, 0.5) is 0 Å². The molecule has 1 fully saturated rings. The Kier molecular flexibility index (Phi) is 7.43. The second-order valence-corrected chi connectivity index (χ2v) is 7.02. The molecule has 1 aromatic carbocycles. The largest absolute Gasteiger partial charge is 0.357 e. The number of rotatable bonds is 5. The minimum absolute atomic E-state index is 0. The van der Waals surface area contributed by atoms with Gasteiger partial charge in [-0.15, -0.1) is 24.0 Å². The second kappa shape index (κ2) is 10.0. The highest BCUT2D eigenvalue weighted by Crippen LogP contribution is 2.19. The average Bonchev–Trinajstić information content (AvgIpc) is 3.46. The van der Waals surface area contributed by atoms with Crippen molar-refractivity contribution in [2.45, 2.75) is 25.9 Å². The lowest BCUT2D eigenvalue weighted by atomic mass is 10.1. The number of nitrogens with zero attached hydrogens (tertiary/aromatic N) is 5.